The van der Waals surface area contributed by atoms with Gasteiger partial charge in [0.05, 0.1) is 11.4 Å². The summed E-state index contributed by atoms with van der Waals surface area (Å²) in [6.45, 7) is 4.10. The van der Waals surface area contributed by atoms with E-state index in [-0.39, 0.29) is 11.7 Å². The molecule has 1 unspecified atom stereocenters. The van der Waals surface area contributed by atoms with E-state index in [1.165, 1.54) is 0 Å². The van der Waals surface area contributed by atoms with Crippen molar-refractivity contribution in [1.29, 1.82) is 0 Å². The smallest absolute Gasteiger partial charge is 0.249 e. The summed E-state index contributed by atoms with van der Waals surface area (Å²) < 4.78 is 0. The van der Waals surface area contributed by atoms with Crippen molar-refractivity contribution in [3.05, 3.63) is 93.5 Å². The molecule has 1 heterocycles. The third-order valence-corrected chi connectivity index (χ3v) is 5.50. The van der Waals surface area contributed by atoms with Crippen molar-refractivity contribution < 1.29 is 9.90 Å². The number of nitrogens with zero attached hydrogens (tertiary/aromatic N) is 1. The Balaban J connectivity index is 1.85. The van der Waals surface area contributed by atoms with E-state index in [0.29, 0.717) is 22.8 Å². The predicted octanol–water partition coefficient (Wildman–Crippen LogP) is 5.06. The minimum atomic E-state index is -0.579. The minimum absolute atomic E-state index is 0.148. The van der Waals surface area contributed by atoms with Crippen LogP contribution in [0, 0.1) is 13.8 Å². The number of anilines is 1. The van der Waals surface area contributed by atoms with Crippen LogP contribution in [-0.4, -0.2) is 22.8 Å². The number of aromatic hydroxyl groups is 1. The number of carbonyl (C=O) groups is 1. The standard InChI is InChI=1S/C24H21ClN2O2/c1-14-4-3-5-15(2)19(14)13-22-24(29)27-21-11-8-17(25)12-20(21)23(26-22)16-6-9-18(28)10-7-16/h3-12,22,28H,13H2,1-2H3,(H,27,29). The van der Waals surface area contributed by atoms with Gasteiger partial charge in [-0.3, -0.25) is 9.79 Å². The molecule has 1 aliphatic heterocycles. The van der Waals surface area contributed by atoms with Gasteiger partial charge in [-0.25, -0.2) is 0 Å². The minimum Gasteiger partial charge on any atom is -0.508 e. The van der Waals surface area contributed by atoms with Gasteiger partial charge >= 0.3 is 0 Å². The molecule has 5 heteroatoms. The zero-order valence-corrected chi connectivity index (χ0v) is 17.0. The SMILES string of the molecule is Cc1cccc(C)c1CC1N=C(c2ccc(O)cc2)c2cc(Cl)ccc2NC1=O. The number of aryl methyl sites for hydroxylation is 2. The van der Waals surface area contributed by atoms with E-state index in [0.717, 1.165) is 27.8 Å². The summed E-state index contributed by atoms with van der Waals surface area (Å²) in [5.74, 6) is 0.0283. The van der Waals surface area contributed by atoms with Crippen molar-refractivity contribution in [2.45, 2.75) is 26.3 Å². The van der Waals surface area contributed by atoms with Crippen LogP contribution in [0.4, 0.5) is 5.69 Å². The molecule has 0 bridgehead atoms. The number of carbonyl (C=O) groups excluding carboxylic acids is 1. The van der Waals surface area contributed by atoms with Gasteiger partial charge in [-0.1, -0.05) is 29.8 Å². The monoisotopic (exact) mass is 404 g/mol. The van der Waals surface area contributed by atoms with Crippen molar-refractivity contribution in [2.24, 2.45) is 4.99 Å². The third-order valence-electron chi connectivity index (χ3n) is 5.26. The molecule has 3 aromatic rings. The highest BCUT2D eigenvalue weighted by atomic mass is 35.5. The van der Waals surface area contributed by atoms with Gasteiger partial charge in [0.2, 0.25) is 5.91 Å². The lowest BCUT2D eigenvalue weighted by Crippen LogP contribution is -2.28. The topological polar surface area (TPSA) is 61.7 Å². The summed E-state index contributed by atoms with van der Waals surface area (Å²) in [4.78, 5) is 17.9. The fraction of sp³-hybridized carbons (Fsp3) is 0.167. The summed E-state index contributed by atoms with van der Waals surface area (Å²) >= 11 is 6.24. The van der Waals surface area contributed by atoms with Crippen molar-refractivity contribution >= 4 is 28.9 Å². The van der Waals surface area contributed by atoms with Gasteiger partial charge in [-0.05, 0) is 73.0 Å². The van der Waals surface area contributed by atoms with Crippen LogP contribution in [0.5, 0.6) is 5.75 Å². The summed E-state index contributed by atoms with van der Waals surface area (Å²) in [5.41, 5.74) is 6.35. The summed E-state index contributed by atoms with van der Waals surface area (Å²) in [7, 11) is 0. The first kappa shape index (κ1) is 19.2. The second kappa shape index (κ2) is 7.72. The van der Waals surface area contributed by atoms with Gasteiger partial charge in [0.25, 0.3) is 0 Å². The maximum absolute atomic E-state index is 13.0. The molecular weight excluding hydrogens is 384 g/mol. The van der Waals surface area contributed by atoms with Crippen LogP contribution in [0.2, 0.25) is 5.02 Å². The van der Waals surface area contributed by atoms with E-state index in [4.69, 9.17) is 16.6 Å². The number of hydrogen-bond acceptors (Lipinski definition) is 3. The van der Waals surface area contributed by atoms with Gasteiger partial charge in [-0.15, -0.1) is 0 Å². The number of halogens is 1. The molecule has 2 N–H and O–H groups in total. The first-order chi connectivity index (χ1) is 13.9. The fourth-order valence-corrected chi connectivity index (χ4v) is 3.85. The van der Waals surface area contributed by atoms with E-state index in [2.05, 4.69) is 31.3 Å². The lowest BCUT2D eigenvalue weighted by Gasteiger charge is -2.15. The van der Waals surface area contributed by atoms with Crippen molar-refractivity contribution in [2.75, 3.05) is 5.32 Å². The molecule has 4 rings (SSSR count). The van der Waals surface area contributed by atoms with Crippen LogP contribution < -0.4 is 5.32 Å². The Morgan fingerprint density at radius 1 is 1.03 bits per heavy atom. The van der Waals surface area contributed by atoms with Crippen LogP contribution >= 0.6 is 11.6 Å². The number of phenolic OH excluding ortho intramolecular Hbond substituents is 1. The van der Waals surface area contributed by atoms with Crippen LogP contribution in [0.3, 0.4) is 0 Å². The number of aliphatic imine (C=N–C) groups is 1. The third kappa shape index (κ3) is 3.89. The molecule has 1 aliphatic rings. The zero-order valence-electron chi connectivity index (χ0n) is 16.2. The zero-order chi connectivity index (χ0) is 20.5. The average Bonchev–Trinajstić information content (AvgIpc) is 2.82. The van der Waals surface area contributed by atoms with E-state index in [1.54, 1.807) is 36.4 Å². The molecule has 1 amide bonds. The predicted molar refractivity (Wildman–Crippen MR) is 117 cm³/mol. The molecule has 1 atom stereocenters. The first-order valence-electron chi connectivity index (χ1n) is 9.45. The second-order valence-electron chi connectivity index (χ2n) is 7.29. The number of nitrogens with one attached hydrogen (secondary N) is 1. The number of amides is 1. The highest BCUT2D eigenvalue weighted by molar-refractivity contribution is 6.32. The number of benzene rings is 3. The molecule has 0 aromatic heterocycles. The normalized spacial score (nSPS) is 15.9. The Bertz CT molecular complexity index is 1100. The number of phenols is 1. The Morgan fingerprint density at radius 2 is 1.72 bits per heavy atom. The summed E-state index contributed by atoms with van der Waals surface area (Å²) in [5, 5.41) is 13.2. The van der Waals surface area contributed by atoms with Crippen molar-refractivity contribution in [3.8, 4) is 5.75 Å². The maximum Gasteiger partial charge on any atom is 0.249 e. The molecule has 3 aromatic carbocycles. The van der Waals surface area contributed by atoms with E-state index in [9.17, 15) is 9.90 Å². The highest BCUT2D eigenvalue weighted by Gasteiger charge is 2.27. The molecule has 0 saturated carbocycles. The molecule has 0 radical (unpaired) electrons. The molecule has 0 aliphatic carbocycles. The van der Waals surface area contributed by atoms with Gasteiger partial charge in [0.1, 0.15) is 11.8 Å². The first-order valence-corrected chi connectivity index (χ1v) is 9.83. The lowest BCUT2D eigenvalue weighted by atomic mass is 9.96. The number of rotatable bonds is 3. The second-order valence-corrected chi connectivity index (χ2v) is 7.73. The molecule has 0 saturated heterocycles. The van der Waals surface area contributed by atoms with Gasteiger partial charge in [0.15, 0.2) is 0 Å². The Morgan fingerprint density at radius 3 is 2.41 bits per heavy atom. The van der Waals surface area contributed by atoms with Gasteiger partial charge in [-0.2, -0.15) is 0 Å². The largest absolute Gasteiger partial charge is 0.508 e. The molecule has 4 nitrogen and oxygen atoms in total. The van der Waals surface area contributed by atoms with Gasteiger partial charge in [0, 0.05) is 22.6 Å². The summed E-state index contributed by atoms with van der Waals surface area (Å²) in [6.07, 6.45) is 0.508. The van der Waals surface area contributed by atoms with Crippen LogP contribution in [-0.2, 0) is 11.2 Å². The van der Waals surface area contributed by atoms with Crippen LogP contribution in [0.15, 0.2) is 65.7 Å². The van der Waals surface area contributed by atoms with E-state index < -0.39 is 6.04 Å². The average molecular weight is 405 g/mol. The van der Waals surface area contributed by atoms with Crippen molar-refractivity contribution in [3.63, 3.8) is 0 Å². The molecule has 0 fully saturated rings. The molecule has 29 heavy (non-hydrogen) atoms. The molecular formula is C24H21ClN2O2. The van der Waals surface area contributed by atoms with E-state index >= 15 is 0 Å². The van der Waals surface area contributed by atoms with E-state index in [1.807, 2.05) is 12.1 Å². The lowest BCUT2D eigenvalue weighted by molar-refractivity contribution is -0.117. The fourth-order valence-electron chi connectivity index (χ4n) is 3.67. The summed E-state index contributed by atoms with van der Waals surface area (Å²) in [6, 6.07) is 17.7. The Hall–Kier alpha value is -3.11. The maximum atomic E-state index is 13.0. The Kier molecular flexibility index (Phi) is 5.12. The molecule has 0 spiro atoms. The number of fused-ring (bicyclic) bond motifs is 1. The quantitative estimate of drug-likeness (QED) is 0.640. The number of benzodiazepines with no additional fused rings is 1. The van der Waals surface area contributed by atoms with Crippen LogP contribution in [0.1, 0.15) is 27.8 Å². The number of hydrogen-bond donors (Lipinski definition) is 2. The molecule has 146 valence electrons. The highest BCUT2D eigenvalue weighted by Crippen LogP contribution is 2.29. The van der Waals surface area contributed by atoms with Gasteiger partial charge < -0.3 is 10.4 Å². The van der Waals surface area contributed by atoms with Crippen molar-refractivity contribution in [1.82, 2.24) is 0 Å². The Labute approximate surface area is 174 Å². The van der Waals surface area contributed by atoms with Crippen LogP contribution in [0.25, 0.3) is 0 Å².